The fraction of sp³-hybridized carbons (Fsp3) is 0.600. The van der Waals surface area contributed by atoms with E-state index in [1.54, 1.807) is 0 Å². The molecule has 1 saturated heterocycles. The zero-order valence-electron chi connectivity index (χ0n) is 14.5. The summed E-state index contributed by atoms with van der Waals surface area (Å²) in [7, 11) is -1.93. The summed E-state index contributed by atoms with van der Waals surface area (Å²) in [5.74, 6) is -0.419. The molecule has 7 nitrogen and oxygen atoms in total. The third kappa shape index (κ3) is 4.64. The van der Waals surface area contributed by atoms with Gasteiger partial charge in [0.15, 0.2) is 5.69 Å². The third-order valence-corrected chi connectivity index (χ3v) is 5.69. The summed E-state index contributed by atoms with van der Waals surface area (Å²) in [6.07, 6.45) is -1.55. The molecule has 146 valence electrons. The predicted octanol–water partition coefficient (Wildman–Crippen LogP) is 1.38. The molecule has 1 aromatic rings. The summed E-state index contributed by atoms with van der Waals surface area (Å²) in [6.45, 7) is 3.88. The second kappa shape index (κ2) is 7.39. The van der Waals surface area contributed by atoms with Gasteiger partial charge in [-0.2, -0.15) is 18.3 Å². The van der Waals surface area contributed by atoms with Crippen LogP contribution in [0.4, 0.5) is 13.2 Å². The Morgan fingerprint density at radius 3 is 2.42 bits per heavy atom. The number of rotatable bonds is 5. The fourth-order valence-corrected chi connectivity index (χ4v) is 3.83. The van der Waals surface area contributed by atoms with Crippen molar-refractivity contribution in [3.8, 4) is 0 Å². The number of hydrogen-bond acceptors (Lipinski definition) is 4. The van der Waals surface area contributed by atoms with Gasteiger partial charge in [0, 0.05) is 26.2 Å². The molecule has 26 heavy (non-hydrogen) atoms. The van der Waals surface area contributed by atoms with E-state index in [0.717, 1.165) is 23.1 Å². The second-order valence-electron chi connectivity index (χ2n) is 6.21. The standard InChI is InChI=1S/C15H21F3N4O3S/c1-4-14(23)22(11-5-7-21(8-6-11)26(3,24)25)10-12-9-13(15(16,17)18)19-20(12)2/h4,9,11H,1,5-8,10H2,2-3H3. The van der Waals surface area contributed by atoms with E-state index in [9.17, 15) is 26.4 Å². The van der Waals surface area contributed by atoms with Crippen molar-refractivity contribution in [1.29, 1.82) is 0 Å². The molecular weight excluding hydrogens is 373 g/mol. The fourth-order valence-electron chi connectivity index (χ4n) is 2.96. The Bertz CT molecular complexity index is 781. The van der Waals surface area contributed by atoms with Gasteiger partial charge in [-0.15, -0.1) is 0 Å². The maximum absolute atomic E-state index is 12.8. The molecule has 0 N–H and O–H groups in total. The SMILES string of the molecule is C=CC(=O)N(Cc1cc(C(F)(F)F)nn1C)C1CCN(S(C)(=O)=O)CC1. The van der Waals surface area contributed by atoms with Gasteiger partial charge in [-0.05, 0) is 25.0 Å². The van der Waals surface area contributed by atoms with Crippen molar-refractivity contribution >= 4 is 15.9 Å². The highest BCUT2D eigenvalue weighted by atomic mass is 32.2. The number of hydrogen-bond donors (Lipinski definition) is 0. The number of nitrogens with zero attached hydrogens (tertiary/aromatic N) is 4. The first-order chi connectivity index (χ1) is 11.9. The zero-order valence-corrected chi connectivity index (χ0v) is 15.3. The summed E-state index contributed by atoms with van der Waals surface area (Å²) in [4.78, 5) is 13.7. The van der Waals surface area contributed by atoms with Crippen molar-refractivity contribution in [3.63, 3.8) is 0 Å². The van der Waals surface area contributed by atoms with Crippen molar-refractivity contribution in [3.05, 3.63) is 30.1 Å². The van der Waals surface area contributed by atoms with Gasteiger partial charge < -0.3 is 4.90 Å². The van der Waals surface area contributed by atoms with Crippen LogP contribution in [0.15, 0.2) is 18.7 Å². The number of carbonyl (C=O) groups is 1. The summed E-state index contributed by atoms with van der Waals surface area (Å²) < 4.78 is 64.1. The lowest BCUT2D eigenvalue weighted by Gasteiger charge is -2.37. The van der Waals surface area contributed by atoms with Crippen molar-refractivity contribution in [2.24, 2.45) is 7.05 Å². The topological polar surface area (TPSA) is 75.5 Å². The Labute approximate surface area is 150 Å². The van der Waals surface area contributed by atoms with Gasteiger partial charge in [-0.3, -0.25) is 9.48 Å². The molecule has 11 heteroatoms. The minimum Gasteiger partial charge on any atom is -0.330 e. The first kappa shape index (κ1) is 20.4. The van der Waals surface area contributed by atoms with Gasteiger partial charge in [-0.1, -0.05) is 6.58 Å². The number of aromatic nitrogens is 2. The van der Waals surface area contributed by atoms with Crippen LogP contribution >= 0.6 is 0 Å². The zero-order chi connectivity index (χ0) is 19.7. The number of halogens is 3. The van der Waals surface area contributed by atoms with Gasteiger partial charge in [0.1, 0.15) is 0 Å². The van der Waals surface area contributed by atoms with Crippen LogP contribution in [0.25, 0.3) is 0 Å². The molecule has 1 aliphatic rings. The number of carbonyl (C=O) groups excluding carboxylic acids is 1. The van der Waals surface area contributed by atoms with Crippen LogP contribution in [-0.2, 0) is 34.6 Å². The first-order valence-electron chi connectivity index (χ1n) is 7.91. The lowest BCUT2D eigenvalue weighted by atomic mass is 10.0. The lowest BCUT2D eigenvalue weighted by Crippen LogP contribution is -2.48. The minimum absolute atomic E-state index is 0.0615. The average Bonchev–Trinajstić information content (AvgIpc) is 2.92. The molecular formula is C15H21F3N4O3S. The Kier molecular flexibility index (Phi) is 5.81. The molecule has 0 saturated carbocycles. The number of aryl methyl sites for hydroxylation is 1. The predicted molar refractivity (Wildman–Crippen MR) is 88.4 cm³/mol. The van der Waals surface area contributed by atoms with Crippen LogP contribution < -0.4 is 0 Å². The van der Waals surface area contributed by atoms with E-state index in [1.807, 2.05) is 0 Å². The molecule has 0 aliphatic carbocycles. The van der Waals surface area contributed by atoms with E-state index < -0.39 is 27.8 Å². The molecule has 1 fully saturated rings. The van der Waals surface area contributed by atoms with Gasteiger partial charge in [0.2, 0.25) is 15.9 Å². The average molecular weight is 394 g/mol. The summed E-state index contributed by atoms with van der Waals surface area (Å²) in [5.41, 5.74) is -0.786. The molecule has 0 aromatic carbocycles. The van der Waals surface area contributed by atoms with Crippen LogP contribution in [0.2, 0.25) is 0 Å². The van der Waals surface area contributed by atoms with Gasteiger partial charge in [0.25, 0.3) is 0 Å². The molecule has 1 aliphatic heterocycles. The van der Waals surface area contributed by atoms with Crippen molar-refractivity contribution in [2.45, 2.75) is 31.6 Å². The van der Waals surface area contributed by atoms with Gasteiger partial charge in [0.05, 0.1) is 18.5 Å². The summed E-state index contributed by atoms with van der Waals surface area (Å²) in [5, 5.41) is 3.45. The van der Waals surface area contributed by atoms with Crippen molar-refractivity contribution in [1.82, 2.24) is 19.0 Å². The van der Waals surface area contributed by atoms with Crippen LogP contribution in [0.1, 0.15) is 24.2 Å². The molecule has 2 rings (SSSR count). The lowest BCUT2D eigenvalue weighted by molar-refractivity contribution is -0.141. The molecule has 1 aromatic heterocycles. The molecule has 2 heterocycles. The smallest absolute Gasteiger partial charge is 0.330 e. The molecule has 0 radical (unpaired) electrons. The highest BCUT2D eigenvalue weighted by Gasteiger charge is 2.36. The molecule has 0 unspecified atom stereocenters. The Hall–Kier alpha value is -1.88. The van der Waals surface area contributed by atoms with Crippen LogP contribution in [0.5, 0.6) is 0 Å². The number of amides is 1. The van der Waals surface area contributed by atoms with E-state index in [4.69, 9.17) is 0 Å². The maximum atomic E-state index is 12.8. The largest absolute Gasteiger partial charge is 0.435 e. The molecule has 1 amide bonds. The quantitative estimate of drug-likeness (QED) is 0.707. The Morgan fingerprint density at radius 2 is 2.00 bits per heavy atom. The highest BCUT2D eigenvalue weighted by molar-refractivity contribution is 7.88. The molecule has 0 atom stereocenters. The Morgan fingerprint density at radius 1 is 1.42 bits per heavy atom. The van der Waals surface area contributed by atoms with E-state index in [0.29, 0.717) is 12.8 Å². The van der Waals surface area contributed by atoms with Gasteiger partial charge >= 0.3 is 6.18 Å². The number of alkyl halides is 3. The third-order valence-electron chi connectivity index (χ3n) is 4.39. The number of piperidine rings is 1. The minimum atomic E-state index is -4.57. The molecule has 0 bridgehead atoms. The van der Waals surface area contributed by atoms with Crippen LogP contribution in [0.3, 0.4) is 0 Å². The first-order valence-corrected chi connectivity index (χ1v) is 9.76. The van der Waals surface area contributed by atoms with Gasteiger partial charge in [-0.25, -0.2) is 12.7 Å². The summed E-state index contributed by atoms with van der Waals surface area (Å²) >= 11 is 0. The highest BCUT2D eigenvalue weighted by Crippen LogP contribution is 2.29. The monoisotopic (exact) mass is 394 g/mol. The van der Waals surface area contributed by atoms with E-state index in [1.165, 1.54) is 16.3 Å². The number of sulfonamides is 1. The van der Waals surface area contributed by atoms with Crippen molar-refractivity contribution in [2.75, 3.05) is 19.3 Å². The van der Waals surface area contributed by atoms with Crippen LogP contribution in [-0.4, -0.2) is 58.7 Å². The van der Waals surface area contributed by atoms with E-state index in [-0.39, 0.29) is 31.4 Å². The van der Waals surface area contributed by atoms with E-state index in [2.05, 4.69) is 11.7 Å². The summed E-state index contributed by atoms with van der Waals surface area (Å²) in [6, 6.07) is 0.623. The normalized spacial score (nSPS) is 17.3. The molecule has 0 spiro atoms. The van der Waals surface area contributed by atoms with Crippen molar-refractivity contribution < 1.29 is 26.4 Å². The second-order valence-corrected chi connectivity index (χ2v) is 8.19. The maximum Gasteiger partial charge on any atom is 0.435 e. The van der Waals surface area contributed by atoms with Crippen LogP contribution in [0, 0.1) is 0 Å². The van der Waals surface area contributed by atoms with E-state index >= 15 is 0 Å². The Balaban J connectivity index is 2.18.